The van der Waals surface area contributed by atoms with Crippen molar-refractivity contribution >= 4 is 11.7 Å². The van der Waals surface area contributed by atoms with E-state index in [0.29, 0.717) is 29.3 Å². The molecular weight excluding hydrogens is 290 g/mol. The Bertz CT molecular complexity index is 615. The van der Waals surface area contributed by atoms with E-state index in [1.165, 1.54) is 7.11 Å². The van der Waals surface area contributed by atoms with Crippen molar-refractivity contribution in [3.05, 3.63) is 72.7 Å². The van der Waals surface area contributed by atoms with Gasteiger partial charge in [-0.3, -0.25) is 0 Å². The fourth-order valence-corrected chi connectivity index (χ4v) is 1.93. The molecule has 0 fully saturated rings. The van der Waals surface area contributed by atoms with E-state index in [2.05, 4.69) is 18.2 Å². The van der Waals surface area contributed by atoms with Gasteiger partial charge in [-0.2, -0.15) is 0 Å². The van der Waals surface area contributed by atoms with Crippen molar-refractivity contribution < 1.29 is 14.3 Å². The van der Waals surface area contributed by atoms with Crippen LogP contribution in [0.4, 0.5) is 0 Å². The standard InChI is InChI=1S/C19H23NO3/c1-5-7-10-14-23-18(11-6-2)20-15(3)16-12-8-9-13-17(16)19(21)22-4/h5-6,8-9,11-13H,1-2,7,10,14H2,3-4H3/b18-11+,20-15+. The maximum atomic E-state index is 11.8. The normalized spacial score (nSPS) is 11.7. The molecule has 0 radical (unpaired) electrons. The van der Waals surface area contributed by atoms with Crippen molar-refractivity contribution in [3.63, 3.8) is 0 Å². The summed E-state index contributed by atoms with van der Waals surface area (Å²) in [5, 5.41) is 0. The third-order valence-corrected chi connectivity index (χ3v) is 3.06. The van der Waals surface area contributed by atoms with Crippen LogP contribution in [0.25, 0.3) is 0 Å². The number of hydrogen-bond acceptors (Lipinski definition) is 4. The van der Waals surface area contributed by atoms with E-state index < -0.39 is 5.97 Å². The predicted molar refractivity (Wildman–Crippen MR) is 93.7 cm³/mol. The second-order valence-electron chi connectivity index (χ2n) is 4.75. The monoisotopic (exact) mass is 313 g/mol. The lowest BCUT2D eigenvalue weighted by Crippen LogP contribution is -2.09. The van der Waals surface area contributed by atoms with Gasteiger partial charge in [-0.05, 0) is 31.9 Å². The zero-order valence-corrected chi connectivity index (χ0v) is 13.7. The summed E-state index contributed by atoms with van der Waals surface area (Å²) in [6.07, 6.45) is 6.91. The van der Waals surface area contributed by atoms with Crippen molar-refractivity contribution in [2.75, 3.05) is 13.7 Å². The van der Waals surface area contributed by atoms with E-state index in [9.17, 15) is 4.79 Å². The van der Waals surface area contributed by atoms with Crippen LogP contribution in [-0.4, -0.2) is 25.4 Å². The molecule has 0 heterocycles. The van der Waals surface area contributed by atoms with Gasteiger partial charge in [0.05, 0.1) is 19.3 Å². The number of nitrogens with zero attached hydrogens (tertiary/aromatic N) is 1. The van der Waals surface area contributed by atoms with Crippen LogP contribution in [0.15, 0.2) is 66.5 Å². The van der Waals surface area contributed by atoms with Gasteiger partial charge in [0.25, 0.3) is 0 Å². The Labute approximate surface area is 137 Å². The van der Waals surface area contributed by atoms with Gasteiger partial charge in [0.2, 0.25) is 5.88 Å². The molecule has 1 aromatic carbocycles. The second kappa shape index (κ2) is 10.2. The molecule has 0 aliphatic rings. The van der Waals surface area contributed by atoms with Gasteiger partial charge >= 0.3 is 5.97 Å². The molecule has 1 aromatic rings. The van der Waals surface area contributed by atoms with Gasteiger partial charge in [0.1, 0.15) is 0 Å². The quantitative estimate of drug-likeness (QED) is 0.171. The largest absolute Gasteiger partial charge is 0.478 e. The van der Waals surface area contributed by atoms with Crippen LogP contribution in [0, 0.1) is 0 Å². The third-order valence-electron chi connectivity index (χ3n) is 3.06. The average Bonchev–Trinajstić information content (AvgIpc) is 2.58. The molecule has 4 nitrogen and oxygen atoms in total. The summed E-state index contributed by atoms with van der Waals surface area (Å²) < 4.78 is 10.4. The SMILES string of the molecule is C=C/C=C(\N=C(/C)c1ccccc1C(=O)OC)OCCCC=C. The van der Waals surface area contributed by atoms with Crippen LogP contribution >= 0.6 is 0 Å². The van der Waals surface area contributed by atoms with Crippen LogP contribution in [0.3, 0.4) is 0 Å². The molecule has 0 aliphatic heterocycles. The lowest BCUT2D eigenvalue weighted by Gasteiger charge is -2.10. The van der Waals surface area contributed by atoms with E-state index in [4.69, 9.17) is 9.47 Å². The van der Waals surface area contributed by atoms with Crippen LogP contribution in [0.1, 0.15) is 35.7 Å². The minimum Gasteiger partial charge on any atom is -0.478 e. The average molecular weight is 313 g/mol. The molecule has 0 unspecified atom stereocenters. The topological polar surface area (TPSA) is 47.9 Å². The number of carbonyl (C=O) groups is 1. The molecular formula is C19H23NO3. The number of rotatable bonds is 9. The van der Waals surface area contributed by atoms with Crippen molar-refractivity contribution in [1.29, 1.82) is 0 Å². The molecule has 122 valence electrons. The van der Waals surface area contributed by atoms with E-state index in [1.54, 1.807) is 24.3 Å². The Balaban J connectivity index is 3.00. The summed E-state index contributed by atoms with van der Waals surface area (Å²) in [5.41, 5.74) is 1.85. The predicted octanol–water partition coefficient (Wildman–Crippen LogP) is 4.29. The zero-order chi connectivity index (χ0) is 17.1. The van der Waals surface area contributed by atoms with Crippen LogP contribution in [0.2, 0.25) is 0 Å². The first-order chi connectivity index (χ1) is 11.1. The van der Waals surface area contributed by atoms with Crippen LogP contribution in [-0.2, 0) is 9.47 Å². The first-order valence-corrected chi connectivity index (χ1v) is 7.43. The Hall–Kier alpha value is -2.62. The molecule has 1 rings (SSSR count). The first kappa shape index (κ1) is 18.4. The number of ether oxygens (including phenoxy) is 2. The van der Waals surface area contributed by atoms with Crippen molar-refractivity contribution in [1.82, 2.24) is 0 Å². The van der Waals surface area contributed by atoms with Crippen molar-refractivity contribution in [2.45, 2.75) is 19.8 Å². The second-order valence-corrected chi connectivity index (χ2v) is 4.75. The number of carbonyl (C=O) groups excluding carboxylic acids is 1. The molecule has 0 aliphatic carbocycles. The number of benzene rings is 1. The molecule has 23 heavy (non-hydrogen) atoms. The molecule has 0 aromatic heterocycles. The van der Waals surface area contributed by atoms with Gasteiger partial charge in [-0.1, -0.05) is 36.9 Å². The van der Waals surface area contributed by atoms with E-state index in [-0.39, 0.29) is 0 Å². The number of allylic oxidation sites excluding steroid dienone is 3. The third kappa shape index (κ3) is 5.94. The summed E-state index contributed by atoms with van der Waals surface area (Å²) in [6, 6.07) is 7.17. The Morgan fingerprint density at radius 2 is 1.96 bits per heavy atom. The molecule has 0 atom stereocenters. The Kier molecular flexibility index (Phi) is 8.14. The fourth-order valence-electron chi connectivity index (χ4n) is 1.93. The highest BCUT2D eigenvalue weighted by atomic mass is 16.5. The Morgan fingerprint density at radius 3 is 2.57 bits per heavy atom. The van der Waals surface area contributed by atoms with Gasteiger partial charge in [-0.25, -0.2) is 9.79 Å². The molecule has 0 bridgehead atoms. The van der Waals surface area contributed by atoms with E-state index >= 15 is 0 Å². The smallest absolute Gasteiger partial charge is 0.338 e. The van der Waals surface area contributed by atoms with E-state index in [1.807, 2.05) is 25.1 Å². The van der Waals surface area contributed by atoms with Gasteiger partial charge in [-0.15, -0.1) is 6.58 Å². The van der Waals surface area contributed by atoms with Gasteiger partial charge in [0, 0.05) is 11.3 Å². The highest BCUT2D eigenvalue weighted by Gasteiger charge is 2.13. The summed E-state index contributed by atoms with van der Waals surface area (Å²) in [4.78, 5) is 16.3. The number of methoxy groups -OCH3 is 1. The van der Waals surface area contributed by atoms with Gasteiger partial charge < -0.3 is 9.47 Å². The summed E-state index contributed by atoms with van der Waals surface area (Å²) in [6.45, 7) is 9.71. The number of aliphatic imine (C=N–C) groups is 1. The maximum Gasteiger partial charge on any atom is 0.338 e. The Morgan fingerprint density at radius 1 is 1.26 bits per heavy atom. The van der Waals surface area contributed by atoms with Crippen molar-refractivity contribution in [3.8, 4) is 0 Å². The number of unbranched alkanes of at least 4 members (excludes halogenated alkanes) is 1. The van der Waals surface area contributed by atoms with Crippen molar-refractivity contribution in [2.24, 2.45) is 4.99 Å². The highest BCUT2D eigenvalue weighted by molar-refractivity contribution is 6.08. The first-order valence-electron chi connectivity index (χ1n) is 7.43. The summed E-state index contributed by atoms with van der Waals surface area (Å²) >= 11 is 0. The van der Waals surface area contributed by atoms with E-state index in [0.717, 1.165) is 12.8 Å². The summed E-state index contributed by atoms with van der Waals surface area (Å²) in [5.74, 6) is 0.0672. The number of esters is 1. The maximum absolute atomic E-state index is 11.8. The summed E-state index contributed by atoms with van der Waals surface area (Å²) in [7, 11) is 1.36. The molecule has 0 N–H and O–H groups in total. The molecule has 0 saturated heterocycles. The van der Waals surface area contributed by atoms with Gasteiger partial charge in [0.15, 0.2) is 0 Å². The minimum absolute atomic E-state index is 0.392. The lowest BCUT2D eigenvalue weighted by molar-refractivity contribution is 0.0600. The molecule has 0 saturated carbocycles. The lowest BCUT2D eigenvalue weighted by atomic mass is 10.0. The molecule has 0 amide bonds. The minimum atomic E-state index is -0.392. The molecule has 0 spiro atoms. The zero-order valence-electron chi connectivity index (χ0n) is 13.7. The van der Waals surface area contributed by atoms with Crippen LogP contribution < -0.4 is 0 Å². The van der Waals surface area contributed by atoms with Crippen LogP contribution in [0.5, 0.6) is 0 Å². The fraction of sp³-hybridized carbons (Fsp3) is 0.263. The molecule has 4 heteroatoms. The number of hydrogen-bond donors (Lipinski definition) is 0. The highest BCUT2D eigenvalue weighted by Crippen LogP contribution is 2.14.